The predicted molar refractivity (Wildman–Crippen MR) is 66.4 cm³/mol. The van der Waals surface area contributed by atoms with E-state index >= 15 is 0 Å². The molecule has 0 fully saturated rings. The summed E-state index contributed by atoms with van der Waals surface area (Å²) in [7, 11) is 0. The Labute approximate surface area is 94.9 Å². The average Bonchev–Trinajstić information content (AvgIpc) is 2.74. The van der Waals surface area contributed by atoms with Crippen LogP contribution in [-0.4, -0.2) is 16.5 Å². The summed E-state index contributed by atoms with van der Waals surface area (Å²) in [5.41, 5.74) is 8.71. The van der Waals surface area contributed by atoms with Crippen LogP contribution < -0.4 is 11.1 Å². The summed E-state index contributed by atoms with van der Waals surface area (Å²) in [6.07, 6.45) is 6.59. The molecule has 2 aromatic heterocycles. The zero-order valence-electron chi connectivity index (χ0n) is 9.33. The van der Waals surface area contributed by atoms with Crippen molar-refractivity contribution in [2.24, 2.45) is 0 Å². The predicted octanol–water partition coefficient (Wildman–Crippen LogP) is 1.95. The number of hydrogen-bond donors (Lipinski definition) is 3. The monoisotopic (exact) mass is 216 g/mol. The minimum Gasteiger partial charge on any atom is -0.397 e. The van der Waals surface area contributed by atoms with E-state index in [1.54, 1.807) is 6.20 Å². The number of anilines is 2. The van der Waals surface area contributed by atoms with Gasteiger partial charge >= 0.3 is 0 Å². The molecule has 0 bridgehead atoms. The maximum atomic E-state index is 5.64. The van der Waals surface area contributed by atoms with Crippen LogP contribution in [0.2, 0.25) is 0 Å². The first-order valence-electron chi connectivity index (χ1n) is 5.33. The average molecular weight is 216 g/mol. The first-order chi connectivity index (χ1) is 7.75. The highest BCUT2D eigenvalue weighted by Gasteiger charge is 1.99. The van der Waals surface area contributed by atoms with E-state index < -0.39 is 0 Å². The van der Waals surface area contributed by atoms with Crippen LogP contribution in [0.3, 0.4) is 0 Å². The molecule has 84 valence electrons. The highest BCUT2D eigenvalue weighted by atomic mass is 15.0. The fourth-order valence-corrected chi connectivity index (χ4v) is 1.62. The van der Waals surface area contributed by atoms with Gasteiger partial charge in [0.1, 0.15) is 5.82 Å². The third-order valence-corrected chi connectivity index (χ3v) is 2.47. The summed E-state index contributed by atoms with van der Waals surface area (Å²) in [6.45, 7) is 2.87. The number of nitrogens with two attached hydrogens (primary N) is 1. The van der Waals surface area contributed by atoms with Crippen molar-refractivity contribution in [2.75, 3.05) is 17.6 Å². The van der Waals surface area contributed by atoms with Crippen LogP contribution in [0, 0.1) is 6.92 Å². The van der Waals surface area contributed by atoms with Gasteiger partial charge in [0.25, 0.3) is 0 Å². The molecular weight excluding hydrogens is 200 g/mol. The molecule has 2 aromatic rings. The van der Waals surface area contributed by atoms with Gasteiger partial charge in [0, 0.05) is 18.9 Å². The molecule has 2 heterocycles. The van der Waals surface area contributed by atoms with E-state index in [1.165, 1.54) is 5.56 Å². The number of rotatable bonds is 4. The minimum absolute atomic E-state index is 0.702. The van der Waals surface area contributed by atoms with Crippen LogP contribution in [-0.2, 0) is 6.42 Å². The second kappa shape index (κ2) is 4.70. The molecule has 0 radical (unpaired) electrons. The second-order valence-electron chi connectivity index (χ2n) is 3.83. The molecule has 0 amide bonds. The molecule has 0 unspecified atom stereocenters. The lowest BCUT2D eigenvalue weighted by atomic mass is 10.2. The summed E-state index contributed by atoms with van der Waals surface area (Å²) >= 11 is 0. The van der Waals surface area contributed by atoms with Gasteiger partial charge in [0.15, 0.2) is 0 Å². The Morgan fingerprint density at radius 1 is 1.50 bits per heavy atom. The lowest BCUT2D eigenvalue weighted by Gasteiger charge is -2.08. The topological polar surface area (TPSA) is 66.7 Å². The van der Waals surface area contributed by atoms with Crippen molar-refractivity contribution in [3.8, 4) is 0 Å². The lowest BCUT2D eigenvalue weighted by Crippen LogP contribution is -2.07. The van der Waals surface area contributed by atoms with Crippen molar-refractivity contribution in [1.82, 2.24) is 9.97 Å². The van der Waals surface area contributed by atoms with Gasteiger partial charge in [-0.1, -0.05) is 0 Å². The Kier molecular flexibility index (Phi) is 3.10. The first-order valence-corrected chi connectivity index (χ1v) is 5.33. The Hall–Kier alpha value is -1.97. The first kappa shape index (κ1) is 10.5. The fraction of sp³-hybridized carbons (Fsp3) is 0.250. The van der Waals surface area contributed by atoms with E-state index in [-0.39, 0.29) is 0 Å². The molecule has 0 aliphatic rings. The molecule has 0 spiro atoms. The SMILES string of the molecule is Cc1cc(N)cnc1NCCc1cc[nH]c1. The normalized spacial score (nSPS) is 10.3. The Morgan fingerprint density at radius 2 is 2.38 bits per heavy atom. The highest BCUT2D eigenvalue weighted by Crippen LogP contribution is 2.13. The van der Waals surface area contributed by atoms with E-state index in [1.807, 2.05) is 25.4 Å². The van der Waals surface area contributed by atoms with Gasteiger partial charge in [-0.15, -0.1) is 0 Å². The molecule has 0 saturated heterocycles. The second-order valence-corrected chi connectivity index (χ2v) is 3.83. The quantitative estimate of drug-likeness (QED) is 0.731. The molecule has 0 aliphatic carbocycles. The highest BCUT2D eigenvalue weighted by molar-refractivity contribution is 5.50. The Morgan fingerprint density at radius 3 is 3.06 bits per heavy atom. The van der Waals surface area contributed by atoms with Crippen LogP contribution in [0.15, 0.2) is 30.7 Å². The number of nitrogens with one attached hydrogen (secondary N) is 2. The third kappa shape index (κ3) is 2.53. The number of hydrogen-bond acceptors (Lipinski definition) is 3. The van der Waals surface area contributed by atoms with E-state index in [0.717, 1.165) is 24.3 Å². The largest absolute Gasteiger partial charge is 0.397 e. The van der Waals surface area contributed by atoms with Crippen LogP contribution in [0.1, 0.15) is 11.1 Å². The lowest BCUT2D eigenvalue weighted by molar-refractivity contribution is 1.00. The zero-order chi connectivity index (χ0) is 11.4. The summed E-state index contributed by atoms with van der Waals surface area (Å²) < 4.78 is 0. The van der Waals surface area contributed by atoms with E-state index in [4.69, 9.17) is 5.73 Å². The summed E-state index contributed by atoms with van der Waals surface area (Å²) in [6, 6.07) is 4.00. The van der Waals surface area contributed by atoms with Gasteiger partial charge in [-0.05, 0) is 36.6 Å². The molecular formula is C12H16N4. The number of nitrogens with zero attached hydrogens (tertiary/aromatic N) is 1. The fourth-order valence-electron chi connectivity index (χ4n) is 1.62. The van der Waals surface area contributed by atoms with Crippen molar-refractivity contribution in [3.05, 3.63) is 41.9 Å². The van der Waals surface area contributed by atoms with Crippen LogP contribution in [0.5, 0.6) is 0 Å². The standard InChI is InChI=1S/C12H16N4/c1-9-6-11(13)8-16-12(9)15-5-3-10-2-4-14-7-10/h2,4,6-8,14H,3,5,13H2,1H3,(H,15,16). The smallest absolute Gasteiger partial charge is 0.129 e. The van der Waals surface area contributed by atoms with Gasteiger partial charge < -0.3 is 16.0 Å². The summed E-state index contributed by atoms with van der Waals surface area (Å²) in [5, 5.41) is 3.30. The molecule has 4 nitrogen and oxygen atoms in total. The number of nitrogen functional groups attached to an aromatic ring is 1. The van der Waals surface area contributed by atoms with Crippen molar-refractivity contribution >= 4 is 11.5 Å². The molecule has 0 aromatic carbocycles. The summed E-state index contributed by atoms with van der Waals surface area (Å²) in [5.74, 6) is 0.907. The molecule has 2 rings (SSSR count). The third-order valence-electron chi connectivity index (χ3n) is 2.47. The van der Waals surface area contributed by atoms with Crippen molar-refractivity contribution in [2.45, 2.75) is 13.3 Å². The molecule has 4 heteroatoms. The number of aryl methyl sites for hydroxylation is 1. The number of H-pyrrole nitrogens is 1. The van der Waals surface area contributed by atoms with E-state index in [2.05, 4.69) is 21.4 Å². The van der Waals surface area contributed by atoms with Gasteiger partial charge in [0.2, 0.25) is 0 Å². The Bertz CT molecular complexity index is 448. The molecule has 4 N–H and O–H groups in total. The minimum atomic E-state index is 0.702. The molecule has 0 aliphatic heterocycles. The zero-order valence-corrected chi connectivity index (χ0v) is 9.33. The Balaban J connectivity index is 1.90. The van der Waals surface area contributed by atoms with Gasteiger partial charge in [0.05, 0.1) is 11.9 Å². The van der Waals surface area contributed by atoms with Crippen molar-refractivity contribution < 1.29 is 0 Å². The molecule has 0 saturated carbocycles. The molecule has 0 atom stereocenters. The van der Waals surface area contributed by atoms with Crippen molar-refractivity contribution in [1.29, 1.82) is 0 Å². The summed E-state index contributed by atoms with van der Waals surface area (Å²) in [4.78, 5) is 7.29. The van der Waals surface area contributed by atoms with Gasteiger partial charge in [-0.25, -0.2) is 4.98 Å². The maximum absolute atomic E-state index is 5.64. The van der Waals surface area contributed by atoms with Crippen LogP contribution in [0.25, 0.3) is 0 Å². The van der Waals surface area contributed by atoms with Crippen LogP contribution in [0.4, 0.5) is 11.5 Å². The number of pyridine rings is 1. The van der Waals surface area contributed by atoms with E-state index in [9.17, 15) is 0 Å². The molecule has 16 heavy (non-hydrogen) atoms. The van der Waals surface area contributed by atoms with Gasteiger partial charge in [-0.2, -0.15) is 0 Å². The van der Waals surface area contributed by atoms with Crippen molar-refractivity contribution in [3.63, 3.8) is 0 Å². The number of aromatic nitrogens is 2. The van der Waals surface area contributed by atoms with Gasteiger partial charge in [-0.3, -0.25) is 0 Å². The van der Waals surface area contributed by atoms with Crippen LogP contribution >= 0.6 is 0 Å². The maximum Gasteiger partial charge on any atom is 0.129 e. The van der Waals surface area contributed by atoms with E-state index in [0.29, 0.717) is 5.69 Å². The number of aromatic amines is 1.